The van der Waals surface area contributed by atoms with Crippen LogP contribution in [0.3, 0.4) is 0 Å². The second kappa shape index (κ2) is 29.2. The second-order valence-corrected chi connectivity index (χ2v) is 22.4. The number of hydrogen-bond donors (Lipinski definition) is 8. The van der Waals surface area contributed by atoms with Gasteiger partial charge in [-0.1, -0.05) is 51.1 Å². The molecule has 4 amide bonds. The van der Waals surface area contributed by atoms with E-state index < -0.39 is 161 Å². The van der Waals surface area contributed by atoms with Gasteiger partial charge in [0.1, 0.15) is 47.9 Å². The molecule has 4 aliphatic carbocycles. The van der Waals surface area contributed by atoms with Crippen molar-refractivity contribution in [3.05, 3.63) is 124 Å². The molecule has 4 atom stereocenters. The standard InChI is InChI=1S/4C17H20N6O/c4*18-15(24)7-14(11-3-1-2-4-11)23-9-12(8-22-23)16-13-5-6-19-17(13)21-10-20-16/h4*5-6,8-11,14H,1-4,7H2,(H2,18,24)(H,19,20,21)/t4*14-/m1111/s1/i1D2,2D2,3D2,4D2,11D;1D2,2D2,3D2,4D2;3D2,4D2;1D2,2D2. The summed E-state index contributed by atoms with van der Waals surface area (Å²) in [6.45, 7) is 0. The lowest BCUT2D eigenvalue weighted by Gasteiger charge is -2.22. The van der Waals surface area contributed by atoms with Crippen LogP contribution in [-0.4, -0.2) is 123 Å². The molecule has 4 saturated carbocycles. The molecule has 12 heterocycles. The molecule has 12 aromatic rings. The molecular formula is C68H80N24O4. The Hall–Kier alpha value is -10.8. The lowest BCUT2D eigenvalue weighted by Crippen LogP contribution is -2.24. The van der Waals surface area contributed by atoms with Crippen molar-refractivity contribution in [2.75, 3.05) is 0 Å². The van der Waals surface area contributed by atoms with Crippen LogP contribution in [0.15, 0.2) is 124 Å². The Morgan fingerprint density at radius 2 is 0.698 bits per heavy atom. The number of nitrogens with zero attached hydrogens (tertiary/aromatic N) is 16. The topological polar surface area (TPSA) is 410 Å². The number of nitrogens with one attached hydrogen (secondary N) is 4. The number of nitrogens with two attached hydrogens (primary N) is 4. The van der Waals surface area contributed by atoms with Gasteiger partial charge >= 0.3 is 0 Å². The minimum absolute atomic E-state index is 0.00268. The van der Waals surface area contributed by atoms with Gasteiger partial charge in [0, 0.05) is 153 Å². The van der Waals surface area contributed by atoms with Crippen LogP contribution in [-0.2, 0) is 19.2 Å². The van der Waals surface area contributed by atoms with Gasteiger partial charge in [0.15, 0.2) is 0 Å². The molecular weight excluding hydrogens is 1220 g/mol. The van der Waals surface area contributed by atoms with Crippen LogP contribution in [0.5, 0.6) is 0 Å². The molecule has 0 saturated heterocycles. The molecule has 0 unspecified atom stereocenters. The highest BCUT2D eigenvalue weighted by molar-refractivity contribution is 5.92. The van der Waals surface area contributed by atoms with Crippen LogP contribution in [0.1, 0.15) is 186 Å². The third-order valence-electron chi connectivity index (χ3n) is 16.2. The van der Waals surface area contributed by atoms with Crippen LogP contribution in [0, 0.1) is 23.6 Å². The summed E-state index contributed by atoms with van der Waals surface area (Å²) in [5.74, 6) is -9.54. The Kier molecular flexibility index (Phi) is 12.3. The van der Waals surface area contributed by atoms with E-state index in [-0.39, 0.29) is 38.5 Å². The van der Waals surface area contributed by atoms with Crippen LogP contribution in [0.25, 0.3) is 89.2 Å². The van der Waals surface area contributed by atoms with Crippen molar-refractivity contribution in [1.29, 1.82) is 0 Å². The highest BCUT2D eigenvalue weighted by Gasteiger charge is 2.33. The van der Waals surface area contributed by atoms with Crippen molar-refractivity contribution in [3.63, 3.8) is 0 Å². The monoisotopic (exact) mass is 1320 g/mol. The Bertz CT molecular complexity index is 5810. The van der Waals surface area contributed by atoms with E-state index in [1.54, 1.807) is 66.4 Å². The Balaban J connectivity index is 0.000000140. The highest BCUT2D eigenvalue weighted by Crippen LogP contribution is 2.41. The Morgan fingerprint density at radius 3 is 1.03 bits per heavy atom. The van der Waals surface area contributed by atoms with Crippen molar-refractivity contribution in [2.45, 2.75) is 152 Å². The molecule has 96 heavy (non-hydrogen) atoms. The van der Waals surface area contributed by atoms with Crippen LogP contribution in [0.4, 0.5) is 0 Å². The smallest absolute Gasteiger partial charge is 0.219 e. The first-order valence-electron chi connectivity index (χ1n) is 42.6. The summed E-state index contributed by atoms with van der Waals surface area (Å²) < 4.78 is 210. The molecule has 28 nitrogen and oxygen atoms in total. The third-order valence-corrected chi connectivity index (χ3v) is 16.2. The fourth-order valence-corrected chi connectivity index (χ4v) is 11.7. The number of amides is 4. The summed E-state index contributed by atoms with van der Waals surface area (Å²) in [6, 6.07) is 2.66. The van der Waals surface area contributed by atoms with E-state index in [9.17, 15) is 19.2 Å². The van der Waals surface area contributed by atoms with Gasteiger partial charge in [-0.05, 0) is 99.0 Å². The summed E-state index contributed by atoms with van der Waals surface area (Å²) in [4.78, 5) is 92.6. The molecule has 12 N–H and O–H groups in total. The Labute approximate surface area is 586 Å². The molecule has 16 rings (SSSR count). The zero-order valence-electron chi connectivity index (χ0n) is 75.8. The van der Waals surface area contributed by atoms with Crippen molar-refractivity contribution < 1.29 is 53.4 Å². The van der Waals surface area contributed by atoms with Crippen molar-refractivity contribution >= 4 is 67.8 Å². The van der Waals surface area contributed by atoms with Gasteiger partial charge in [0.25, 0.3) is 0 Å². The third kappa shape index (κ3) is 14.5. The van der Waals surface area contributed by atoms with Gasteiger partial charge in [-0.25, -0.2) is 39.9 Å². The van der Waals surface area contributed by atoms with Gasteiger partial charge in [0.05, 0.1) is 71.7 Å². The zero-order chi connectivity index (χ0) is 88.5. The molecule has 0 aromatic carbocycles. The summed E-state index contributed by atoms with van der Waals surface area (Å²) in [5.41, 5.74) is 28.5. The normalized spacial score (nSPS) is 27.1. The number of H-pyrrole nitrogens is 4. The van der Waals surface area contributed by atoms with E-state index in [0.29, 0.717) is 72.8 Å². The van der Waals surface area contributed by atoms with E-state index in [2.05, 4.69) is 80.2 Å². The number of aromatic nitrogens is 20. The molecule has 0 spiro atoms. The van der Waals surface area contributed by atoms with E-state index in [1.807, 2.05) is 12.1 Å². The number of primary amides is 4. The molecule has 0 aliphatic heterocycles. The van der Waals surface area contributed by atoms with E-state index >= 15 is 0 Å². The molecule has 0 bridgehead atoms. The summed E-state index contributed by atoms with van der Waals surface area (Å²) in [6.07, 6.45) is -10.3. The number of carbonyl (C=O) groups is 4. The zero-order valence-corrected chi connectivity index (χ0v) is 50.8. The van der Waals surface area contributed by atoms with E-state index in [4.69, 9.17) is 57.2 Å². The van der Waals surface area contributed by atoms with Gasteiger partial charge in [-0.3, -0.25) is 37.9 Å². The minimum atomic E-state index is -3.40. The van der Waals surface area contributed by atoms with E-state index in [0.717, 1.165) is 25.7 Å². The van der Waals surface area contributed by atoms with Crippen LogP contribution in [0.2, 0.25) is 0 Å². The first-order chi connectivity index (χ1) is 56.2. The Morgan fingerprint density at radius 1 is 0.406 bits per heavy atom. The summed E-state index contributed by atoms with van der Waals surface area (Å²) >= 11 is 0. The van der Waals surface area contributed by atoms with Gasteiger partial charge in [0.2, 0.25) is 23.6 Å². The lowest BCUT2D eigenvalue weighted by molar-refractivity contribution is -0.120. The van der Waals surface area contributed by atoms with Gasteiger partial charge < -0.3 is 42.9 Å². The quantitative estimate of drug-likeness (QED) is 0.0352. The average molecular weight is 1320 g/mol. The number of hydrogen-bond acceptors (Lipinski definition) is 16. The van der Waals surface area contributed by atoms with Gasteiger partial charge in [-0.2, -0.15) is 20.4 Å². The summed E-state index contributed by atoms with van der Waals surface area (Å²) in [7, 11) is 0. The summed E-state index contributed by atoms with van der Waals surface area (Å²) in [5, 5.41) is 19.9. The van der Waals surface area contributed by atoms with Crippen molar-refractivity contribution in [3.8, 4) is 45.0 Å². The number of fused-ring (bicyclic) bond motifs is 4. The SMILES string of the molecule is [2H]C1([2H])C([2H])([2H])C([2H])([2H])C([2H])([C@@H](CC(N)=O)n2cc(-c3ncnc4[nH]ccc34)cn2)C1([2H])[2H].[2H]C1([2H])C([C@@H](CC(N)=O)n2cc(-c3ncnc4[nH]ccc34)cn2)C([2H])([2H])C([2H])([2H])C1([2H])[2H].[2H]C1([2H])CC([C@@H](CC(N)=O)n2cc(-c3ncnc4[nH]ccc34)cn2)CC1([2H])[2H].[2H]C1([2H])CCC([2H])([2H])C1[C@@H](CC(N)=O)n1cc(-c2ncnc3[nH]ccc23)cn1. The fourth-order valence-electron chi connectivity index (χ4n) is 11.7. The molecule has 28 heteroatoms. The number of rotatable bonds is 20. The van der Waals surface area contributed by atoms with Crippen LogP contribution >= 0.6 is 0 Å². The fraction of sp³-hybridized carbons (Fsp3) is 0.412. The van der Waals surface area contributed by atoms with Crippen molar-refractivity contribution in [1.82, 2.24) is 98.9 Å². The highest BCUT2D eigenvalue weighted by atomic mass is 16.2. The second-order valence-electron chi connectivity index (χ2n) is 22.4. The largest absolute Gasteiger partial charge is 0.370 e. The number of carbonyl (C=O) groups excluding carboxylic acids is 4. The minimum Gasteiger partial charge on any atom is -0.370 e. The van der Waals surface area contributed by atoms with Crippen LogP contribution < -0.4 is 22.9 Å². The maximum atomic E-state index is 11.9. The molecule has 12 aromatic heterocycles. The molecule has 4 fully saturated rings. The number of aromatic amines is 4. The average Bonchev–Trinajstić information content (AvgIpc) is 1.49. The molecule has 0 radical (unpaired) electrons. The maximum absolute atomic E-state index is 11.9. The predicted octanol–water partition coefficient (Wildman–Crippen LogP) is 9.71. The maximum Gasteiger partial charge on any atom is 0.219 e. The first kappa shape index (κ1) is 40.5. The van der Waals surface area contributed by atoms with Crippen molar-refractivity contribution in [2.24, 2.45) is 46.6 Å². The molecule has 4 aliphatic rings. The lowest BCUT2D eigenvalue weighted by atomic mass is 9.95. The van der Waals surface area contributed by atoms with E-state index in [1.165, 1.54) is 54.8 Å². The first-order valence-corrected chi connectivity index (χ1v) is 30.1. The predicted molar refractivity (Wildman–Crippen MR) is 360 cm³/mol. The molecule has 496 valence electrons. The van der Waals surface area contributed by atoms with Gasteiger partial charge in [-0.15, -0.1) is 0 Å².